The van der Waals surface area contributed by atoms with E-state index < -0.39 is 0 Å². The van der Waals surface area contributed by atoms with Gasteiger partial charge in [-0.3, -0.25) is 4.98 Å². The predicted molar refractivity (Wildman–Crippen MR) is 235 cm³/mol. The maximum Gasteiger partial charge on any atom is 0.121 e. The molecule has 10 rings (SSSR count). The van der Waals surface area contributed by atoms with E-state index in [0.29, 0.717) is 0 Å². The Kier molecular flexibility index (Phi) is 8.82. The highest BCUT2D eigenvalue weighted by molar-refractivity contribution is 5.96. The molecule has 0 amide bonds. The SMILES string of the molecule is c1ccc(-c2ccc(-c3ccc(-c4cc(-c5ccc(-c6ccc(-c7ccccc7)cc6)cc5)c5nn(-c6ccc(-c7cccnc7)cc6)nc5c4)cc3)cc2)cc1. The monoisotopic (exact) mass is 728 g/mol. The zero-order chi connectivity index (χ0) is 38.0. The number of pyridine rings is 1. The van der Waals surface area contributed by atoms with E-state index in [1.807, 2.05) is 24.4 Å². The zero-order valence-electron chi connectivity index (χ0n) is 31.1. The largest absolute Gasteiger partial charge is 0.264 e. The molecule has 10 aromatic rings. The Hall–Kier alpha value is -7.69. The molecule has 57 heavy (non-hydrogen) atoms. The average Bonchev–Trinajstić information content (AvgIpc) is 3.75. The molecule has 0 unspecified atom stereocenters. The van der Waals surface area contributed by atoms with Crippen LogP contribution in [0.3, 0.4) is 0 Å². The Labute approximate surface area is 332 Å². The summed E-state index contributed by atoms with van der Waals surface area (Å²) >= 11 is 0. The fourth-order valence-electron chi connectivity index (χ4n) is 7.51. The molecule has 268 valence electrons. The molecular formula is C53H36N4. The molecular weight excluding hydrogens is 693 g/mol. The summed E-state index contributed by atoms with van der Waals surface area (Å²) in [7, 11) is 0. The number of aromatic nitrogens is 4. The molecule has 0 radical (unpaired) electrons. The lowest BCUT2D eigenvalue weighted by atomic mass is 9.94. The zero-order valence-corrected chi connectivity index (χ0v) is 31.1. The lowest BCUT2D eigenvalue weighted by Crippen LogP contribution is -1.98. The first kappa shape index (κ1) is 33.8. The van der Waals surface area contributed by atoms with Crippen LogP contribution in [0.5, 0.6) is 0 Å². The lowest BCUT2D eigenvalue weighted by molar-refractivity contribution is 0.766. The smallest absolute Gasteiger partial charge is 0.121 e. The van der Waals surface area contributed by atoms with Crippen molar-refractivity contribution in [1.29, 1.82) is 0 Å². The molecule has 0 aliphatic carbocycles. The fraction of sp³-hybridized carbons (Fsp3) is 0. The first-order valence-electron chi connectivity index (χ1n) is 19.2. The molecule has 0 aliphatic heterocycles. The minimum Gasteiger partial charge on any atom is -0.264 e. The molecule has 4 heteroatoms. The fourth-order valence-corrected chi connectivity index (χ4v) is 7.51. The summed E-state index contributed by atoms with van der Waals surface area (Å²) in [5.74, 6) is 0. The molecule has 2 heterocycles. The summed E-state index contributed by atoms with van der Waals surface area (Å²) in [6.45, 7) is 0. The van der Waals surface area contributed by atoms with Gasteiger partial charge in [0.15, 0.2) is 0 Å². The number of nitrogens with zero attached hydrogens (tertiary/aromatic N) is 4. The van der Waals surface area contributed by atoms with Crippen LogP contribution in [-0.2, 0) is 0 Å². The van der Waals surface area contributed by atoms with E-state index in [0.717, 1.165) is 55.7 Å². The van der Waals surface area contributed by atoms with Gasteiger partial charge in [-0.2, -0.15) is 4.80 Å². The number of fused-ring (bicyclic) bond motifs is 1. The summed E-state index contributed by atoms with van der Waals surface area (Å²) in [6.07, 6.45) is 3.67. The topological polar surface area (TPSA) is 43.6 Å². The van der Waals surface area contributed by atoms with Gasteiger partial charge in [-0.05, 0) is 103 Å². The van der Waals surface area contributed by atoms with E-state index in [-0.39, 0.29) is 0 Å². The molecule has 4 nitrogen and oxygen atoms in total. The second kappa shape index (κ2) is 14.9. The van der Waals surface area contributed by atoms with Crippen LogP contribution in [0.15, 0.2) is 219 Å². The van der Waals surface area contributed by atoms with Crippen LogP contribution in [0.2, 0.25) is 0 Å². The molecule has 0 saturated carbocycles. The summed E-state index contributed by atoms with van der Waals surface area (Å²) in [5.41, 5.74) is 18.6. The van der Waals surface area contributed by atoms with Crippen molar-refractivity contribution in [3.05, 3.63) is 219 Å². The van der Waals surface area contributed by atoms with E-state index in [4.69, 9.17) is 10.2 Å². The molecule has 0 aliphatic rings. The van der Waals surface area contributed by atoms with Crippen LogP contribution < -0.4 is 0 Å². The van der Waals surface area contributed by atoms with Crippen molar-refractivity contribution in [2.45, 2.75) is 0 Å². The van der Waals surface area contributed by atoms with Crippen molar-refractivity contribution >= 4 is 11.0 Å². The second-order valence-corrected chi connectivity index (χ2v) is 14.2. The van der Waals surface area contributed by atoms with Gasteiger partial charge >= 0.3 is 0 Å². The third-order valence-electron chi connectivity index (χ3n) is 10.6. The van der Waals surface area contributed by atoms with Gasteiger partial charge in [0, 0.05) is 18.0 Å². The maximum absolute atomic E-state index is 5.09. The van der Waals surface area contributed by atoms with Gasteiger partial charge in [0.2, 0.25) is 0 Å². The molecule has 0 spiro atoms. The maximum atomic E-state index is 5.09. The third-order valence-corrected chi connectivity index (χ3v) is 10.6. The highest BCUT2D eigenvalue weighted by atomic mass is 15.5. The van der Waals surface area contributed by atoms with Crippen molar-refractivity contribution < 1.29 is 0 Å². The van der Waals surface area contributed by atoms with Gasteiger partial charge in [-0.15, -0.1) is 10.2 Å². The predicted octanol–water partition coefficient (Wildman–Crippen LogP) is 13.5. The standard InChI is InChI=1S/C53H36N4/c1-3-8-37(9-4-1)39-13-17-41(18-14-39)43-21-23-46(24-22-43)49-34-51(47-27-25-44(26-28-47)42-19-15-40(16-20-42)38-10-5-2-6-11-38)53-52(35-49)55-57(56-53)50-31-29-45(30-32-50)48-12-7-33-54-36-48/h1-36H. The molecule has 0 N–H and O–H groups in total. The van der Waals surface area contributed by atoms with Crippen LogP contribution in [-0.4, -0.2) is 20.0 Å². The number of rotatable bonds is 8. The quantitative estimate of drug-likeness (QED) is 0.156. The minimum atomic E-state index is 0.833. The van der Waals surface area contributed by atoms with Crippen molar-refractivity contribution in [2.24, 2.45) is 0 Å². The van der Waals surface area contributed by atoms with Gasteiger partial charge in [-0.1, -0.05) is 176 Å². The van der Waals surface area contributed by atoms with Crippen molar-refractivity contribution in [2.75, 3.05) is 0 Å². The van der Waals surface area contributed by atoms with E-state index in [1.54, 1.807) is 11.0 Å². The molecule has 0 atom stereocenters. The van der Waals surface area contributed by atoms with Crippen LogP contribution in [0.1, 0.15) is 0 Å². The summed E-state index contributed by atoms with van der Waals surface area (Å²) in [6, 6.07) is 72.9. The highest BCUT2D eigenvalue weighted by Crippen LogP contribution is 2.36. The lowest BCUT2D eigenvalue weighted by Gasteiger charge is -2.10. The van der Waals surface area contributed by atoms with Gasteiger partial charge in [0.1, 0.15) is 11.0 Å². The summed E-state index contributed by atoms with van der Waals surface area (Å²) in [5, 5.41) is 10.1. The van der Waals surface area contributed by atoms with Crippen molar-refractivity contribution in [1.82, 2.24) is 20.0 Å². The molecule has 0 fully saturated rings. The summed E-state index contributed by atoms with van der Waals surface area (Å²) < 4.78 is 0. The first-order valence-corrected chi connectivity index (χ1v) is 19.2. The Morgan fingerprint density at radius 2 is 0.684 bits per heavy atom. The minimum absolute atomic E-state index is 0.833. The van der Waals surface area contributed by atoms with E-state index >= 15 is 0 Å². The second-order valence-electron chi connectivity index (χ2n) is 14.2. The average molecular weight is 729 g/mol. The van der Waals surface area contributed by atoms with Crippen LogP contribution >= 0.6 is 0 Å². The highest BCUT2D eigenvalue weighted by Gasteiger charge is 2.15. The Morgan fingerprint density at radius 1 is 0.298 bits per heavy atom. The molecule has 0 bridgehead atoms. The Bertz CT molecular complexity index is 2920. The van der Waals surface area contributed by atoms with Gasteiger partial charge in [0.05, 0.1) is 5.69 Å². The number of hydrogen-bond donors (Lipinski definition) is 0. The molecule has 2 aromatic heterocycles. The van der Waals surface area contributed by atoms with Crippen molar-refractivity contribution in [3.63, 3.8) is 0 Å². The van der Waals surface area contributed by atoms with E-state index in [2.05, 4.69) is 193 Å². The van der Waals surface area contributed by atoms with Gasteiger partial charge in [0.25, 0.3) is 0 Å². The van der Waals surface area contributed by atoms with Gasteiger partial charge < -0.3 is 0 Å². The van der Waals surface area contributed by atoms with Crippen LogP contribution in [0.4, 0.5) is 0 Å². The van der Waals surface area contributed by atoms with Gasteiger partial charge in [-0.25, -0.2) is 0 Å². The Balaban J connectivity index is 0.998. The first-order chi connectivity index (χ1) is 28.2. The summed E-state index contributed by atoms with van der Waals surface area (Å²) in [4.78, 5) is 6.03. The molecule has 8 aromatic carbocycles. The van der Waals surface area contributed by atoms with E-state index in [1.165, 1.54) is 38.9 Å². The van der Waals surface area contributed by atoms with Crippen molar-refractivity contribution in [3.8, 4) is 83.6 Å². The van der Waals surface area contributed by atoms with Crippen LogP contribution in [0, 0.1) is 0 Å². The molecule has 0 saturated heterocycles. The van der Waals surface area contributed by atoms with Crippen LogP contribution in [0.25, 0.3) is 94.6 Å². The van der Waals surface area contributed by atoms with E-state index in [9.17, 15) is 0 Å². The number of hydrogen-bond acceptors (Lipinski definition) is 3. The Morgan fingerprint density at radius 3 is 1.14 bits per heavy atom. The third kappa shape index (κ3) is 6.93. The normalized spacial score (nSPS) is 11.2. The number of benzene rings is 8.